The lowest BCUT2D eigenvalue weighted by Crippen LogP contribution is -2.49. The molecule has 3 aliphatic rings. The lowest BCUT2D eigenvalue weighted by Gasteiger charge is -2.27. The molecule has 0 aromatic heterocycles. The van der Waals surface area contributed by atoms with Gasteiger partial charge in [0.25, 0.3) is 0 Å². The van der Waals surface area contributed by atoms with Crippen molar-refractivity contribution in [2.75, 3.05) is 107 Å². The highest BCUT2D eigenvalue weighted by Gasteiger charge is 2.42. The van der Waals surface area contributed by atoms with Crippen LogP contribution in [0, 0.1) is 5.41 Å². The van der Waals surface area contributed by atoms with Gasteiger partial charge in [0.05, 0.1) is 80.1 Å². The summed E-state index contributed by atoms with van der Waals surface area (Å²) in [6, 6.07) is 16.1. The van der Waals surface area contributed by atoms with E-state index < -0.39 is 37.3 Å². The zero-order valence-electron chi connectivity index (χ0n) is 43.0. The predicted molar refractivity (Wildman–Crippen MR) is 289 cm³/mol. The molecule has 2 unspecified atom stereocenters. The lowest BCUT2D eigenvalue weighted by atomic mass is 9.91. The third kappa shape index (κ3) is 16.7. The van der Waals surface area contributed by atoms with Gasteiger partial charge in [0.15, 0.2) is 0 Å². The lowest BCUT2D eigenvalue weighted by molar-refractivity contribution is -0.141. The van der Waals surface area contributed by atoms with Gasteiger partial charge in [-0.3, -0.25) is 9.59 Å². The molecule has 1 fully saturated rings. The largest absolute Gasteiger partial charge is 0.484 e. The number of benzene rings is 3. The van der Waals surface area contributed by atoms with Crippen LogP contribution in [0.1, 0.15) is 43.9 Å². The summed E-state index contributed by atoms with van der Waals surface area (Å²) in [6.45, 7) is 4.74. The molecule has 24 heteroatoms. The van der Waals surface area contributed by atoms with Crippen LogP contribution in [0.5, 0.6) is 11.5 Å². The second-order valence-electron chi connectivity index (χ2n) is 19.1. The van der Waals surface area contributed by atoms with Crippen LogP contribution in [0.25, 0.3) is 0 Å². The number of allylic oxidation sites excluding steroid dienone is 2. The molecule has 5 atom stereocenters. The van der Waals surface area contributed by atoms with Gasteiger partial charge >= 0.3 is 0 Å². The molecule has 0 aliphatic heterocycles. The number of halogens is 4. The van der Waals surface area contributed by atoms with Gasteiger partial charge in [0.2, 0.25) is 31.9 Å². The van der Waals surface area contributed by atoms with E-state index in [1.807, 2.05) is 40.3 Å². The average Bonchev–Trinajstić information content (AvgIpc) is 3.91. The molecule has 0 saturated heterocycles. The van der Waals surface area contributed by atoms with Gasteiger partial charge in [0.1, 0.15) is 29.1 Å². The normalized spacial score (nSPS) is 19.8. The Morgan fingerprint density at radius 2 is 1.05 bits per heavy atom. The molecule has 3 aromatic rings. The molecule has 2 amide bonds. The number of nitrogens with zero attached hydrogens (tertiary/aromatic N) is 2. The summed E-state index contributed by atoms with van der Waals surface area (Å²) in [5, 5.41) is 7.03. The zero-order chi connectivity index (χ0) is 54.5. The van der Waals surface area contributed by atoms with E-state index >= 15 is 0 Å². The number of nitrogens with one attached hydrogen (secondary N) is 4. The van der Waals surface area contributed by atoms with E-state index in [0.717, 1.165) is 33.7 Å². The van der Waals surface area contributed by atoms with Crippen LogP contribution in [-0.4, -0.2) is 169 Å². The number of alkyl halides is 1. The number of rotatable bonds is 30. The van der Waals surface area contributed by atoms with Crippen molar-refractivity contribution in [1.29, 1.82) is 0 Å². The van der Waals surface area contributed by atoms with Crippen LogP contribution in [0.4, 0.5) is 0 Å². The van der Waals surface area contributed by atoms with Gasteiger partial charge in [0, 0.05) is 53.2 Å². The summed E-state index contributed by atoms with van der Waals surface area (Å²) < 4.78 is 91.6. The summed E-state index contributed by atoms with van der Waals surface area (Å²) >= 11 is 25.8. The van der Waals surface area contributed by atoms with Crippen LogP contribution in [0.15, 0.2) is 92.7 Å². The number of sulfonamides is 2. The molecular weight excluding hydrogens is 1090 g/mol. The van der Waals surface area contributed by atoms with Crippen LogP contribution >= 0.6 is 46.4 Å². The Labute approximate surface area is 461 Å². The van der Waals surface area contributed by atoms with Gasteiger partial charge in [-0.25, -0.2) is 26.3 Å². The predicted octanol–water partition coefficient (Wildman–Crippen LogP) is 5.69. The number of fused-ring (bicyclic) bond motifs is 2. The van der Waals surface area contributed by atoms with E-state index in [-0.39, 0.29) is 118 Å². The van der Waals surface area contributed by atoms with Gasteiger partial charge in [-0.05, 0) is 132 Å². The van der Waals surface area contributed by atoms with Gasteiger partial charge in [-0.15, -0.1) is 11.6 Å². The van der Waals surface area contributed by atoms with Crippen LogP contribution < -0.4 is 29.6 Å². The molecule has 4 N–H and O–H groups in total. The van der Waals surface area contributed by atoms with Gasteiger partial charge < -0.3 is 48.9 Å². The molecule has 3 aromatic carbocycles. The monoisotopic (exact) mass is 1160 g/mol. The number of amides is 2. The highest BCUT2D eigenvalue weighted by atomic mass is 35.5. The minimum absolute atomic E-state index is 0.00939. The number of likely N-dealkylation sites (N-methyl/N-ethyl adjacent to an activating group) is 2. The number of ether oxygens (including phenoxy) is 6. The van der Waals surface area contributed by atoms with Gasteiger partial charge in [-0.1, -0.05) is 40.9 Å². The Kier molecular flexibility index (Phi) is 22.5. The van der Waals surface area contributed by atoms with Gasteiger partial charge in [-0.2, -0.15) is 0 Å². The minimum Gasteiger partial charge on any atom is -0.484 e. The first-order valence-electron chi connectivity index (χ1n) is 24.5. The number of carbonyl (C=O) groups excluding carboxylic acids is 2. The fourth-order valence-electron chi connectivity index (χ4n) is 8.64. The van der Waals surface area contributed by atoms with Crippen molar-refractivity contribution in [2.24, 2.45) is 5.41 Å². The highest BCUT2D eigenvalue weighted by Crippen LogP contribution is 2.44. The van der Waals surface area contributed by atoms with Crippen LogP contribution in [0.2, 0.25) is 10.0 Å². The molecule has 414 valence electrons. The van der Waals surface area contributed by atoms with Crippen molar-refractivity contribution in [3.63, 3.8) is 0 Å². The van der Waals surface area contributed by atoms with E-state index in [9.17, 15) is 26.4 Å². The van der Waals surface area contributed by atoms with Crippen molar-refractivity contribution in [3.05, 3.63) is 104 Å². The first-order valence-corrected chi connectivity index (χ1v) is 29.1. The molecule has 0 radical (unpaired) electrons. The second kappa shape index (κ2) is 27.8. The Bertz CT molecular complexity index is 2710. The average molecular weight is 1160 g/mol. The van der Waals surface area contributed by atoms with Crippen molar-refractivity contribution >= 4 is 78.3 Å². The maximum atomic E-state index is 12.9. The molecule has 18 nitrogen and oxygen atoms in total. The second-order valence-corrected chi connectivity index (χ2v) is 24.4. The van der Waals surface area contributed by atoms with Crippen molar-refractivity contribution < 1.29 is 54.8 Å². The fraction of sp³-hybridized carbons (Fsp3) is 0.529. The first-order chi connectivity index (χ1) is 35.6. The smallest absolute Gasteiger partial charge is 0.240 e. The number of hydrogen-bond donors (Lipinski definition) is 4. The molecule has 3 aliphatic carbocycles. The SMILES string of the molecule is CN(C)C1CC2=C(Cl)CC(Cl)C=C2[C@@H]1Oc1ccc(S(=O)(=O)NCCOCCOCCNC(=O)C(C)(C)C(=O)NCCOCCOCCNS(=O)(=O)c2ccc(O[C@H]3c4cc(Cl)cc(Cl)c4C[C@@H]3N(C)C)cc2)cc1. The molecule has 1 saturated carbocycles. The van der Waals surface area contributed by atoms with E-state index in [1.54, 1.807) is 30.3 Å². The van der Waals surface area contributed by atoms with E-state index in [2.05, 4.69) is 29.9 Å². The fourth-order valence-corrected chi connectivity index (χ4v) is 12.0. The zero-order valence-corrected chi connectivity index (χ0v) is 47.6. The number of carbonyl (C=O) groups is 2. The summed E-state index contributed by atoms with van der Waals surface area (Å²) in [6.07, 6.45) is 3.36. The van der Waals surface area contributed by atoms with Crippen LogP contribution in [-0.2, 0) is 55.0 Å². The number of hydrogen-bond acceptors (Lipinski definition) is 14. The Hall–Kier alpha value is -3.58. The molecule has 6 rings (SSSR count). The van der Waals surface area contributed by atoms with Crippen LogP contribution in [0.3, 0.4) is 0 Å². The molecule has 0 spiro atoms. The summed E-state index contributed by atoms with van der Waals surface area (Å²) in [7, 11) is 0.274. The highest BCUT2D eigenvalue weighted by molar-refractivity contribution is 7.89. The third-order valence-corrected chi connectivity index (χ3v) is 17.1. The summed E-state index contributed by atoms with van der Waals surface area (Å²) in [5.74, 6) is 0.0569. The van der Waals surface area contributed by atoms with E-state index in [1.165, 1.54) is 38.1 Å². The molecule has 0 heterocycles. The maximum Gasteiger partial charge on any atom is 0.240 e. The Morgan fingerprint density at radius 1 is 0.613 bits per heavy atom. The van der Waals surface area contributed by atoms with Crippen molar-refractivity contribution in [2.45, 2.75) is 72.6 Å². The van der Waals surface area contributed by atoms with Crippen molar-refractivity contribution in [3.8, 4) is 11.5 Å². The molecule has 75 heavy (non-hydrogen) atoms. The molecular formula is C51H68Cl4N6O12S2. The standard InChI is InChI=1S/C51H68Cl4N6O12S2/c1-51(2,49(62)56-15-19-68-23-25-70-21-17-58-74(64,65)37-11-7-35(8-12-37)72-47-41-27-33(52)29-43(54)39(41)31-45(47)60(3)4)50(63)57-16-20-69-24-26-71-22-18-59-75(66,67)38-13-9-36(10-14-38)73-48-42-28-34(53)30-44(55)40(42)32-46(48)61(5)6/h7-14,27-29,34,45-48,58-59H,15-26,30-32H2,1-6H3,(H,56,62)(H,57,63)/t34?,45-,46?,47-,48-/m0/s1. The quantitative estimate of drug-likeness (QED) is 0.0359. The maximum absolute atomic E-state index is 12.9. The molecule has 0 bridgehead atoms. The summed E-state index contributed by atoms with van der Waals surface area (Å²) in [4.78, 5) is 29.9. The summed E-state index contributed by atoms with van der Waals surface area (Å²) in [5.41, 5.74) is 2.55. The van der Waals surface area contributed by atoms with Crippen molar-refractivity contribution in [1.82, 2.24) is 29.9 Å². The first kappa shape index (κ1) is 60.6. The van der Waals surface area contributed by atoms with E-state index in [4.69, 9.17) is 74.8 Å². The third-order valence-electron chi connectivity index (χ3n) is 12.9. The Morgan fingerprint density at radius 3 is 1.52 bits per heavy atom. The topological polar surface area (TPSA) is 212 Å². The minimum atomic E-state index is -3.81. The Balaban J connectivity index is 0.760. The van der Waals surface area contributed by atoms with E-state index in [0.29, 0.717) is 34.4 Å².